The van der Waals surface area contributed by atoms with Gasteiger partial charge in [-0.1, -0.05) is 6.07 Å². The number of carbonyl (C=O) groups excluding carboxylic acids is 1. The van der Waals surface area contributed by atoms with Crippen molar-refractivity contribution in [3.63, 3.8) is 0 Å². The minimum absolute atomic E-state index is 0. The van der Waals surface area contributed by atoms with Crippen LogP contribution in [0.4, 0.5) is 5.82 Å². The molecule has 0 fully saturated rings. The minimum atomic E-state index is -0.160. The number of rotatable bonds is 4. The average Bonchev–Trinajstić information content (AvgIpc) is 2.67. The third kappa shape index (κ3) is 4.58. The van der Waals surface area contributed by atoms with Gasteiger partial charge in [0.2, 0.25) is 5.91 Å². The summed E-state index contributed by atoms with van der Waals surface area (Å²) in [7, 11) is 0. The van der Waals surface area contributed by atoms with Crippen LogP contribution >= 0.6 is 12.4 Å². The third-order valence-electron chi connectivity index (χ3n) is 3.11. The number of nitrogens with two attached hydrogens (primary N) is 1. The van der Waals surface area contributed by atoms with Crippen molar-refractivity contribution in [1.82, 2.24) is 9.78 Å². The lowest BCUT2D eigenvalue weighted by molar-refractivity contribution is -0.116. The summed E-state index contributed by atoms with van der Waals surface area (Å²) in [6, 6.07) is 7.96. The standard InChI is InChI=1S/C16H22N4O.ClH/c1-10-5-11(2)7-14(6-10)20-13(4)9-15(19-20)18-16(21)8-12(3)17;/h5-7,9,12H,8,17H2,1-4H3,(H,18,19,21);1H. The van der Waals surface area contributed by atoms with E-state index in [2.05, 4.69) is 42.5 Å². The van der Waals surface area contributed by atoms with E-state index in [1.165, 1.54) is 11.1 Å². The van der Waals surface area contributed by atoms with Gasteiger partial charge in [-0.3, -0.25) is 4.79 Å². The third-order valence-corrected chi connectivity index (χ3v) is 3.11. The van der Waals surface area contributed by atoms with Gasteiger partial charge >= 0.3 is 0 Å². The van der Waals surface area contributed by atoms with Crippen LogP contribution in [0.3, 0.4) is 0 Å². The number of carbonyl (C=O) groups is 1. The predicted molar refractivity (Wildman–Crippen MR) is 91.9 cm³/mol. The molecule has 0 aliphatic heterocycles. The van der Waals surface area contributed by atoms with Gasteiger partial charge in [0.15, 0.2) is 5.82 Å². The summed E-state index contributed by atoms with van der Waals surface area (Å²) in [6.45, 7) is 7.88. The van der Waals surface area contributed by atoms with Crippen molar-refractivity contribution >= 4 is 24.1 Å². The SMILES string of the molecule is Cc1cc(C)cc(-n2nc(NC(=O)CC(C)N)cc2C)c1.Cl. The minimum Gasteiger partial charge on any atom is -0.327 e. The first-order chi connectivity index (χ1) is 9.85. The molecule has 0 radical (unpaired) electrons. The normalized spacial score (nSPS) is 11.7. The Hall–Kier alpha value is -1.85. The van der Waals surface area contributed by atoms with Crippen molar-refractivity contribution in [2.24, 2.45) is 5.73 Å². The van der Waals surface area contributed by atoms with Gasteiger partial charge in [0.05, 0.1) is 5.69 Å². The summed E-state index contributed by atoms with van der Waals surface area (Å²) >= 11 is 0. The Balaban J connectivity index is 0.00000242. The first-order valence-corrected chi connectivity index (χ1v) is 7.06. The number of anilines is 1. The Morgan fingerprint density at radius 3 is 2.36 bits per heavy atom. The number of aryl methyl sites for hydroxylation is 3. The fourth-order valence-corrected chi connectivity index (χ4v) is 2.36. The highest BCUT2D eigenvalue weighted by molar-refractivity contribution is 5.90. The van der Waals surface area contributed by atoms with E-state index in [1.54, 1.807) is 6.92 Å². The van der Waals surface area contributed by atoms with E-state index in [0.717, 1.165) is 11.4 Å². The summed E-state index contributed by atoms with van der Waals surface area (Å²) < 4.78 is 1.83. The number of aromatic nitrogens is 2. The molecular formula is C16H23ClN4O. The molecule has 1 aromatic heterocycles. The number of halogens is 1. The molecule has 3 N–H and O–H groups in total. The molecule has 1 amide bonds. The van der Waals surface area contributed by atoms with Gasteiger partial charge in [-0.05, 0) is 51.0 Å². The second kappa shape index (κ2) is 7.42. The van der Waals surface area contributed by atoms with Crippen molar-refractivity contribution in [1.29, 1.82) is 0 Å². The van der Waals surface area contributed by atoms with E-state index in [4.69, 9.17) is 5.73 Å². The van der Waals surface area contributed by atoms with Crippen molar-refractivity contribution in [3.05, 3.63) is 41.1 Å². The first-order valence-electron chi connectivity index (χ1n) is 7.06. The second-order valence-corrected chi connectivity index (χ2v) is 5.66. The maximum absolute atomic E-state index is 11.7. The fourth-order valence-electron chi connectivity index (χ4n) is 2.36. The van der Waals surface area contributed by atoms with Gasteiger partial charge in [-0.15, -0.1) is 17.5 Å². The molecule has 0 aliphatic rings. The number of nitrogens with one attached hydrogen (secondary N) is 1. The van der Waals surface area contributed by atoms with Gasteiger partial charge in [-0.2, -0.15) is 0 Å². The molecule has 2 rings (SSSR count). The number of hydrogen-bond donors (Lipinski definition) is 2. The quantitative estimate of drug-likeness (QED) is 0.909. The molecule has 0 aliphatic carbocycles. The second-order valence-electron chi connectivity index (χ2n) is 5.66. The van der Waals surface area contributed by atoms with Crippen LogP contribution in [0, 0.1) is 20.8 Å². The largest absolute Gasteiger partial charge is 0.327 e. The molecule has 5 nitrogen and oxygen atoms in total. The molecule has 2 aromatic rings. The van der Waals surface area contributed by atoms with E-state index in [1.807, 2.05) is 17.7 Å². The lowest BCUT2D eigenvalue weighted by atomic mass is 10.1. The summed E-state index contributed by atoms with van der Waals surface area (Å²) in [4.78, 5) is 11.7. The zero-order valence-electron chi connectivity index (χ0n) is 13.4. The highest BCUT2D eigenvalue weighted by atomic mass is 35.5. The zero-order chi connectivity index (χ0) is 15.6. The maximum atomic E-state index is 11.7. The van der Waals surface area contributed by atoms with Gasteiger partial charge < -0.3 is 11.1 Å². The van der Waals surface area contributed by atoms with E-state index < -0.39 is 0 Å². The molecule has 120 valence electrons. The van der Waals surface area contributed by atoms with Gasteiger partial charge in [-0.25, -0.2) is 4.68 Å². The first kappa shape index (κ1) is 18.2. The molecule has 0 spiro atoms. The van der Waals surface area contributed by atoms with Crippen LogP contribution < -0.4 is 11.1 Å². The van der Waals surface area contributed by atoms with Crippen LogP contribution in [0.15, 0.2) is 24.3 Å². The molecule has 1 unspecified atom stereocenters. The molecular weight excluding hydrogens is 300 g/mol. The molecule has 1 atom stereocenters. The molecule has 0 bridgehead atoms. The monoisotopic (exact) mass is 322 g/mol. The number of hydrogen-bond acceptors (Lipinski definition) is 3. The smallest absolute Gasteiger partial charge is 0.227 e. The fraction of sp³-hybridized carbons (Fsp3) is 0.375. The summed E-state index contributed by atoms with van der Waals surface area (Å²) in [5.41, 5.74) is 9.95. The Morgan fingerprint density at radius 1 is 1.23 bits per heavy atom. The molecule has 0 saturated heterocycles. The summed E-state index contributed by atoms with van der Waals surface area (Å²) in [5.74, 6) is 0.437. The van der Waals surface area contributed by atoms with Gasteiger partial charge in [0, 0.05) is 24.2 Å². The van der Waals surface area contributed by atoms with Crippen LogP contribution in [0.2, 0.25) is 0 Å². The topological polar surface area (TPSA) is 72.9 Å². The molecule has 1 heterocycles. The average molecular weight is 323 g/mol. The Labute approximate surface area is 137 Å². The van der Waals surface area contributed by atoms with E-state index in [0.29, 0.717) is 5.82 Å². The van der Waals surface area contributed by atoms with Crippen molar-refractivity contribution in [2.75, 3.05) is 5.32 Å². The highest BCUT2D eigenvalue weighted by Crippen LogP contribution is 2.18. The van der Waals surface area contributed by atoms with E-state index in [-0.39, 0.29) is 30.8 Å². The van der Waals surface area contributed by atoms with Crippen LogP contribution in [0.25, 0.3) is 5.69 Å². The van der Waals surface area contributed by atoms with E-state index in [9.17, 15) is 4.79 Å². The highest BCUT2D eigenvalue weighted by Gasteiger charge is 2.11. The zero-order valence-corrected chi connectivity index (χ0v) is 14.2. The van der Waals surface area contributed by atoms with Crippen LogP contribution in [-0.4, -0.2) is 21.7 Å². The van der Waals surface area contributed by atoms with Crippen molar-refractivity contribution in [2.45, 2.75) is 40.2 Å². The summed E-state index contributed by atoms with van der Waals surface area (Å²) in [6.07, 6.45) is 0.287. The van der Waals surface area contributed by atoms with E-state index >= 15 is 0 Å². The maximum Gasteiger partial charge on any atom is 0.227 e. The Kier molecular flexibility index (Phi) is 6.14. The lowest BCUT2D eigenvalue weighted by Crippen LogP contribution is -2.24. The van der Waals surface area contributed by atoms with Crippen LogP contribution in [0.5, 0.6) is 0 Å². The molecule has 1 aromatic carbocycles. The summed E-state index contributed by atoms with van der Waals surface area (Å²) in [5, 5.41) is 7.24. The van der Waals surface area contributed by atoms with Gasteiger partial charge in [0.25, 0.3) is 0 Å². The van der Waals surface area contributed by atoms with Crippen molar-refractivity contribution in [3.8, 4) is 5.69 Å². The van der Waals surface area contributed by atoms with Crippen LogP contribution in [0.1, 0.15) is 30.2 Å². The molecule has 6 heteroatoms. The Morgan fingerprint density at radius 2 is 1.82 bits per heavy atom. The van der Waals surface area contributed by atoms with Crippen LogP contribution in [-0.2, 0) is 4.79 Å². The Bertz CT molecular complexity index is 644. The number of nitrogens with zero attached hydrogens (tertiary/aromatic N) is 2. The van der Waals surface area contributed by atoms with Crippen molar-refractivity contribution < 1.29 is 4.79 Å². The molecule has 0 saturated carbocycles. The predicted octanol–water partition coefficient (Wildman–Crippen LogP) is 2.90. The number of benzene rings is 1. The lowest BCUT2D eigenvalue weighted by Gasteiger charge is -2.07. The van der Waals surface area contributed by atoms with Gasteiger partial charge in [0.1, 0.15) is 0 Å². The number of amides is 1. The molecule has 22 heavy (non-hydrogen) atoms.